The molecule has 0 saturated carbocycles. The summed E-state index contributed by atoms with van der Waals surface area (Å²) in [4.78, 5) is 32.4. The molecule has 3 amide bonds. The van der Waals surface area contributed by atoms with E-state index in [0.29, 0.717) is 38.4 Å². The second kappa shape index (κ2) is 10.4. The normalized spacial score (nSPS) is 13.7. The lowest BCUT2D eigenvalue weighted by Crippen LogP contribution is -2.51. The largest absolute Gasteiger partial charge is 0.497 e. The van der Waals surface area contributed by atoms with Gasteiger partial charge in [-0.3, -0.25) is 4.79 Å². The third kappa shape index (κ3) is 5.84. The van der Waals surface area contributed by atoms with E-state index >= 15 is 0 Å². The highest BCUT2D eigenvalue weighted by Gasteiger charge is 2.21. The molecule has 1 saturated heterocycles. The van der Waals surface area contributed by atoms with E-state index in [0.717, 1.165) is 17.1 Å². The van der Waals surface area contributed by atoms with E-state index in [-0.39, 0.29) is 18.5 Å². The van der Waals surface area contributed by atoms with E-state index in [2.05, 4.69) is 20.5 Å². The number of carbonyl (C=O) groups is 2. The molecule has 160 valence electrons. The van der Waals surface area contributed by atoms with Gasteiger partial charge in [-0.25, -0.2) is 9.78 Å². The summed E-state index contributed by atoms with van der Waals surface area (Å²) >= 11 is 0. The zero-order valence-corrected chi connectivity index (χ0v) is 17.3. The van der Waals surface area contributed by atoms with Crippen LogP contribution in [-0.4, -0.2) is 68.8 Å². The Hall–Kier alpha value is -3.33. The summed E-state index contributed by atoms with van der Waals surface area (Å²) in [5.41, 5.74) is 1.61. The number of urea groups is 1. The van der Waals surface area contributed by atoms with E-state index < -0.39 is 0 Å². The maximum atomic E-state index is 12.5. The number of hydrogen-bond donors (Lipinski definition) is 2. The lowest BCUT2D eigenvalue weighted by Gasteiger charge is -2.35. The summed E-state index contributed by atoms with van der Waals surface area (Å²) < 4.78 is 10.0. The molecule has 9 nitrogen and oxygen atoms in total. The van der Waals surface area contributed by atoms with Crippen molar-refractivity contribution in [3.8, 4) is 5.75 Å². The van der Waals surface area contributed by atoms with Crippen LogP contribution in [0.1, 0.15) is 5.56 Å². The van der Waals surface area contributed by atoms with Crippen LogP contribution in [0, 0.1) is 0 Å². The molecule has 2 heterocycles. The van der Waals surface area contributed by atoms with Crippen molar-refractivity contribution in [2.45, 2.75) is 6.54 Å². The molecule has 0 atom stereocenters. The Bertz CT molecular complexity index is 851. The van der Waals surface area contributed by atoms with Crippen molar-refractivity contribution in [2.75, 3.05) is 57.2 Å². The SMILES string of the molecule is COCC(=O)Nc1ccc(N2CCN(C(=O)NCc3cccc(OC)c3)CC2)nc1. The predicted octanol–water partition coefficient (Wildman–Crippen LogP) is 1.71. The number of amides is 3. The van der Waals surface area contributed by atoms with Crippen LogP contribution in [-0.2, 0) is 16.1 Å². The maximum Gasteiger partial charge on any atom is 0.317 e. The second-order valence-electron chi connectivity index (χ2n) is 6.87. The van der Waals surface area contributed by atoms with Crippen molar-refractivity contribution < 1.29 is 19.1 Å². The number of pyridine rings is 1. The standard InChI is InChI=1S/C21H27N5O4/c1-29-15-20(27)24-17-6-7-19(22-14-17)25-8-10-26(11-9-25)21(28)23-13-16-4-3-5-18(12-16)30-2/h3-7,12,14H,8-11,13,15H2,1-2H3,(H,23,28)(H,24,27). The van der Waals surface area contributed by atoms with Crippen LogP contribution < -0.4 is 20.3 Å². The first-order valence-electron chi connectivity index (χ1n) is 9.74. The molecule has 2 aromatic rings. The molecular weight excluding hydrogens is 386 g/mol. The molecule has 2 N–H and O–H groups in total. The van der Waals surface area contributed by atoms with Gasteiger partial charge < -0.3 is 29.9 Å². The number of anilines is 2. The van der Waals surface area contributed by atoms with E-state index in [1.54, 1.807) is 18.2 Å². The Morgan fingerprint density at radius 3 is 2.57 bits per heavy atom. The van der Waals surface area contributed by atoms with Gasteiger partial charge in [0.25, 0.3) is 0 Å². The zero-order chi connectivity index (χ0) is 21.3. The van der Waals surface area contributed by atoms with Crippen LogP contribution in [0.2, 0.25) is 0 Å². The Kier molecular flexibility index (Phi) is 7.45. The molecule has 1 aromatic heterocycles. The van der Waals surface area contributed by atoms with Gasteiger partial charge in [-0.2, -0.15) is 0 Å². The van der Waals surface area contributed by atoms with Gasteiger partial charge in [0, 0.05) is 39.8 Å². The molecule has 0 radical (unpaired) electrons. The fourth-order valence-corrected chi connectivity index (χ4v) is 3.19. The second-order valence-corrected chi connectivity index (χ2v) is 6.87. The predicted molar refractivity (Wildman–Crippen MR) is 114 cm³/mol. The fourth-order valence-electron chi connectivity index (χ4n) is 3.19. The summed E-state index contributed by atoms with van der Waals surface area (Å²) in [7, 11) is 3.09. The van der Waals surface area contributed by atoms with E-state index in [1.807, 2.05) is 36.4 Å². The number of rotatable bonds is 7. The van der Waals surface area contributed by atoms with Gasteiger partial charge in [-0.15, -0.1) is 0 Å². The lowest BCUT2D eigenvalue weighted by atomic mass is 10.2. The summed E-state index contributed by atoms with van der Waals surface area (Å²) in [6.45, 7) is 3.05. The Morgan fingerprint density at radius 2 is 1.90 bits per heavy atom. The van der Waals surface area contributed by atoms with Crippen molar-refractivity contribution in [1.82, 2.24) is 15.2 Å². The van der Waals surface area contributed by atoms with Crippen molar-refractivity contribution in [2.24, 2.45) is 0 Å². The fraction of sp³-hybridized carbons (Fsp3) is 0.381. The highest BCUT2D eigenvalue weighted by Crippen LogP contribution is 2.17. The van der Waals surface area contributed by atoms with Crippen molar-refractivity contribution in [3.63, 3.8) is 0 Å². The molecule has 0 spiro atoms. The third-order valence-corrected chi connectivity index (χ3v) is 4.78. The Balaban J connectivity index is 1.45. The molecule has 0 aliphatic carbocycles. The van der Waals surface area contributed by atoms with Crippen LogP contribution in [0.4, 0.5) is 16.3 Å². The van der Waals surface area contributed by atoms with E-state index in [1.165, 1.54) is 7.11 Å². The van der Waals surface area contributed by atoms with Gasteiger partial charge in [0.1, 0.15) is 18.2 Å². The lowest BCUT2D eigenvalue weighted by molar-refractivity contribution is -0.119. The molecule has 9 heteroatoms. The summed E-state index contributed by atoms with van der Waals surface area (Å²) in [5, 5.41) is 5.67. The number of nitrogens with zero attached hydrogens (tertiary/aromatic N) is 3. The number of methoxy groups -OCH3 is 2. The maximum absolute atomic E-state index is 12.5. The number of benzene rings is 1. The minimum atomic E-state index is -0.222. The van der Waals surface area contributed by atoms with Crippen LogP contribution in [0.25, 0.3) is 0 Å². The molecular formula is C21H27N5O4. The molecule has 0 bridgehead atoms. The monoisotopic (exact) mass is 413 g/mol. The summed E-state index contributed by atoms with van der Waals surface area (Å²) in [5.74, 6) is 1.36. The first-order chi connectivity index (χ1) is 14.6. The minimum Gasteiger partial charge on any atom is -0.497 e. The summed E-state index contributed by atoms with van der Waals surface area (Å²) in [6, 6.07) is 11.2. The number of piperazine rings is 1. The molecule has 30 heavy (non-hydrogen) atoms. The van der Waals surface area contributed by atoms with Gasteiger partial charge in [0.15, 0.2) is 0 Å². The number of hydrogen-bond acceptors (Lipinski definition) is 6. The Morgan fingerprint density at radius 1 is 1.10 bits per heavy atom. The number of carbonyl (C=O) groups excluding carboxylic acids is 2. The zero-order valence-electron chi connectivity index (χ0n) is 17.3. The van der Waals surface area contributed by atoms with Gasteiger partial charge in [0.05, 0.1) is 19.0 Å². The Labute approximate surface area is 176 Å². The molecule has 1 aliphatic heterocycles. The average molecular weight is 413 g/mol. The minimum absolute atomic E-state index is 0.00356. The quantitative estimate of drug-likeness (QED) is 0.717. The van der Waals surface area contributed by atoms with Crippen LogP contribution in [0.3, 0.4) is 0 Å². The van der Waals surface area contributed by atoms with E-state index in [9.17, 15) is 9.59 Å². The van der Waals surface area contributed by atoms with Crippen LogP contribution in [0.5, 0.6) is 5.75 Å². The third-order valence-electron chi connectivity index (χ3n) is 4.78. The number of nitrogens with one attached hydrogen (secondary N) is 2. The average Bonchev–Trinajstić information content (AvgIpc) is 2.78. The molecule has 1 aliphatic rings. The smallest absolute Gasteiger partial charge is 0.317 e. The number of aromatic nitrogens is 1. The van der Waals surface area contributed by atoms with Crippen LogP contribution >= 0.6 is 0 Å². The molecule has 0 unspecified atom stereocenters. The number of ether oxygens (including phenoxy) is 2. The van der Waals surface area contributed by atoms with Crippen molar-refractivity contribution >= 4 is 23.4 Å². The molecule has 1 aromatic carbocycles. The van der Waals surface area contributed by atoms with Gasteiger partial charge in [-0.1, -0.05) is 12.1 Å². The molecule has 3 rings (SSSR count). The van der Waals surface area contributed by atoms with Crippen molar-refractivity contribution in [1.29, 1.82) is 0 Å². The van der Waals surface area contributed by atoms with Crippen LogP contribution in [0.15, 0.2) is 42.6 Å². The van der Waals surface area contributed by atoms with Gasteiger partial charge in [-0.05, 0) is 29.8 Å². The van der Waals surface area contributed by atoms with Gasteiger partial charge in [0.2, 0.25) is 5.91 Å². The highest BCUT2D eigenvalue weighted by atomic mass is 16.5. The first-order valence-corrected chi connectivity index (χ1v) is 9.74. The summed E-state index contributed by atoms with van der Waals surface area (Å²) in [6.07, 6.45) is 1.62. The first kappa shape index (κ1) is 21.4. The molecule has 1 fully saturated rings. The topological polar surface area (TPSA) is 96.0 Å². The van der Waals surface area contributed by atoms with Gasteiger partial charge >= 0.3 is 6.03 Å². The van der Waals surface area contributed by atoms with Crippen molar-refractivity contribution in [3.05, 3.63) is 48.2 Å². The highest BCUT2D eigenvalue weighted by molar-refractivity contribution is 5.91. The van der Waals surface area contributed by atoms with E-state index in [4.69, 9.17) is 9.47 Å².